The van der Waals surface area contributed by atoms with Crippen molar-refractivity contribution in [2.45, 2.75) is 6.92 Å². The molecular weight excluding hydrogens is 190 g/mol. The van der Waals surface area contributed by atoms with E-state index in [0.29, 0.717) is 10.7 Å². The molecule has 1 heterocycles. The summed E-state index contributed by atoms with van der Waals surface area (Å²) in [4.78, 5) is 14.2. The number of aryl methyl sites for hydroxylation is 1. The molecule has 0 bridgehead atoms. The summed E-state index contributed by atoms with van der Waals surface area (Å²) in [5, 5.41) is 8.69. The van der Waals surface area contributed by atoms with Crippen molar-refractivity contribution in [1.82, 2.24) is 4.98 Å². The SMILES string of the molecule is Cc1ccc(C=CC(=O)O)c(Cl)n1. The van der Waals surface area contributed by atoms with Crippen LogP contribution in [0.5, 0.6) is 0 Å². The maximum absolute atomic E-state index is 10.2. The molecule has 0 aliphatic heterocycles. The van der Waals surface area contributed by atoms with Crippen molar-refractivity contribution < 1.29 is 9.90 Å². The number of carbonyl (C=O) groups is 1. The first kappa shape index (κ1) is 9.74. The van der Waals surface area contributed by atoms with Gasteiger partial charge in [0.05, 0.1) is 0 Å². The van der Waals surface area contributed by atoms with E-state index in [2.05, 4.69) is 4.98 Å². The van der Waals surface area contributed by atoms with Crippen molar-refractivity contribution in [2.75, 3.05) is 0 Å². The molecule has 0 spiro atoms. The minimum Gasteiger partial charge on any atom is -0.478 e. The number of aromatic nitrogens is 1. The van der Waals surface area contributed by atoms with E-state index < -0.39 is 5.97 Å². The van der Waals surface area contributed by atoms with E-state index in [0.717, 1.165) is 11.8 Å². The van der Waals surface area contributed by atoms with Crippen molar-refractivity contribution in [2.24, 2.45) is 0 Å². The number of pyridine rings is 1. The Bertz CT molecular complexity index is 361. The van der Waals surface area contributed by atoms with Crippen LogP contribution in [0, 0.1) is 6.92 Å². The third-order valence-corrected chi connectivity index (χ3v) is 1.73. The van der Waals surface area contributed by atoms with Gasteiger partial charge < -0.3 is 5.11 Å². The molecule has 0 radical (unpaired) electrons. The van der Waals surface area contributed by atoms with E-state index in [-0.39, 0.29) is 0 Å². The Labute approximate surface area is 80.7 Å². The number of rotatable bonds is 2. The molecule has 3 nitrogen and oxygen atoms in total. The zero-order valence-corrected chi connectivity index (χ0v) is 7.75. The summed E-state index contributed by atoms with van der Waals surface area (Å²) < 4.78 is 0. The molecule has 0 aromatic carbocycles. The van der Waals surface area contributed by atoms with Crippen LogP contribution in [0.3, 0.4) is 0 Å². The molecule has 0 atom stereocenters. The van der Waals surface area contributed by atoms with Crippen molar-refractivity contribution >= 4 is 23.6 Å². The van der Waals surface area contributed by atoms with Crippen LogP contribution >= 0.6 is 11.6 Å². The van der Waals surface area contributed by atoms with Gasteiger partial charge in [-0.1, -0.05) is 17.7 Å². The number of aliphatic carboxylic acids is 1. The minimum absolute atomic E-state index is 0.317. The van der Waals surface area contributed by atoms with Crippen LogP contribution in [-0.4, -0.2) is 16.1 Å². The summed E-state index contributed by atoms with van der Waals surface area (Å²) in [6.45, 7) is 1.82. The molecule has 1 N–H and O–H groups in total. The van der Waals surface area contributed by atoms with Gasteiger partial charge in [0.15, 0.2) is 0 Å². The van der Waals surface area contributed by atoms with Crippen LogP contribution in [0.2, 0.25) is 5.15 Å². The van der Waals surface area contributed by atoms with E-state index in [4.69, 9.17) is 16.7 Å². The number of carboxylic acids is 1. The van der Waals surface area contributed by atoms with Gasteiger partial charge in [0.2, 0.25) is 0 Å². The second-order valence-electron chi connectivity index (χ2n) is 2.50. The fourth-order valence-corrected chi connectivity index (χ4v) is 1.08. The summed E-state index contributed by atoms with van der Waals surface area (Å²) in [6.07, 6.45) is 2.44. The zero-order valence-electron chi connectivity index (χ0n) is 6.99. The fraction of sp³-hybridized carbons (Fsp3) is 0.111. The molecular formula is C9H8ClNO2. The molecule has 0 saturated carbocycles. The summed E-state index contributed by atoms with van der Waals surface area (Å²) >= 11 is 5.76. The normalized spacial score (nSPS) is 10.6. The molecule has 0 amide bonds. The Morgan fingerprint density at radius 2 is 2.31 bits per heavy atom. The highest BCUT2D eigenvalue weighted by Gasteiger charge is 1.98. The Morgan fingerprint density at radius 1 is 1.62 bits per heavy atom. The highest BCUT2D eigenvalue weighted by Crippen LogP contribution is 2.14. The molecule has 0 aliphatic carbocycles. The molecule has 0 saturated heterocycles. The number of hydrogen-bond acceptors (Lipinski definition) is 2. The number of hydrogen-bond donors (Lipinski definition) is 1. The second-order valence-corrected chi connectivity index (χ2v) is 2.86. The second kappa shape index (κ2) is 4.05. The summed E-state index contributed by atoms with van der Waals surface area (Å²) in [7, 11) is 0. The van der Waals surface area contributed by atoms with Gasteiger partial charge in [0.1, 0.15) is 5.15 Å². The number of nitrogens with zero attached hydrogens (tertiary/aromatic N) is 1. The molecule has 1 aromatic rings. The molecule has 0 aliphatic rings. The average molecular weight is 198 g/mol. The fourth-order valence-electron chi connectivity index (χ4n) is 0.821. The Hall–Kier alpha value is -1.35. The quantitative estimate of drug-likeness (QED) is 0.584. The van der Waals surface area contributed by atoms with Gasteiger partial charge in [-0.3, -0.25) is 0 Å². The van der Waals surface area contributed by atoms with Gasteiger partial charge in [-0.2, -0.15) is 0 Å². The van der Waals surface area contributed by atoms with Crippen molar-refractivity contribution in [3.8, 4) is 0 Å². The lowest BCUT2D eigenvalue weighted by Crippen LogP contribution is -1.88. The zero-order chi connectivity index (χ0) is 9.84. The highest BCUT2D eigenvalue weighted by atomic mass is 35.5. The predicted octanol–water partition coefficient (Wildman–Crippen LogP) is 2.14. The van der Waals surface area contributed by atoms with Gasteiger partial charge in [-0.25, -0.2) is 9.78 Å². The van der Waals surface area contributed by atoms with E-state index >= 15 is 0 Å². The summed E-state index contributed by atoms with van der Waals surface area (Å²) in [5.41, 5.74) is 1.41. The predicted molar refractivity (Wildman–Crippen MR) is 50.7 cm³/mol. The van der Waals surface area contributed by atoms with Crippen LogP contribution in [0.4, 0.5) is 0 Å². The van der Waals surface area contributed by atoms with Crippen LogP contribution in [0.1, 0.15) is 11.3 Å². The van der Waals surface area contributed by atoms with Gasteiger partial charge in [-0.15, -0.1) is 0 Å². The Kier molecular flexibility index (Phi) is 3.03. The molecule has 4 heteroatoms. The lowest BCUT2D eigenvalue weighted by molar-refractivity contribution is -0.131. The van der Waals surface area contributed by atoms with Crippen molar-refractivity contribution in [1.29, 1.82) is 0 Å². The lowest BCUT2D eigenvalue weighted by Gasteiger charge is -1.97. The first-order chi connectivity index (χ1) is 6.09. The maximum atomic E-state index is 10.2. The molecule has 0 fully saturated rings. The first-order valence-electron chi connectivity index (χ1n) is 3.64. The third kappa shape index (κ3) is 2.87. The van der Waals surface area contributed by atoms with E-state index in [1.165, 1.54) is 6.08 Å². The first-order valence-corrected chi connectivity index (χ1v) is 4.01. The molecule has 13 heavy (non-hydrogen) atoms. The van der Waals surface area contributed by atoms with E-state index in [1.54, 1.807) is 12.1 Å². The van der Waals surface area contributed by atoms with E-state index in [1.807, 2.05) is 6.92 Å². The van der Waals surface area contributed by atoms with Crippen LogP contribution in [0.15, 0.2) is 18.2 Å². The largest absolute Gasteiger partial charge is 0.478 e. The Morgan fingerprint density at radius 3 is 2.85 bits per heavy atom. The summed E-state index contributed by atoms with van der Waals surface area (Å²) in [6, 6.07) is 3.50. The highest BCUT2D eigenvalue weighted by molar-refractivity contribution is 6.30. The van der Waals surface area contributed by atoms with Crippen molar-refractivity contribution in [3.63, 3.8) is 0 Å². The molecule has 68 valence electrons. The standard InChI is InChI=1S/C9H8ClNO2/c1-6-2-3-7(9(10)11-6)4-5-8(12)13/h2-5H,1H3,(H,12,13). The summed E-state index contributed by atoms with van der Waals surface area (Å²) in [5.74, 6) is -1.00. The van der Waals surface area contributed by atoms with Crippen molar-refractivity contribution in [3.05, 3.63) is 34.6 Å². The maximum Gasteiger partial charge on any atom is 0.328 e. The Balaban J connectivity index is 2.96. The van der Waals surface area contributed by atoms with Gasteiger partial charge in [-0.05, 0) is 19.1 Å². The molecule has 1 aromatic heterocycles. The topological polar surface area (TPSA) is 50.2 Å². The average Bonchev–Trinajstić information content (AvgIpc) is 2.02. The van der Waals surface area contributed by atoms with Crippen LogP contribution in [0.25, 0.3) is 6.08 Å². The monoisotopic (exact) mass is 197 g/mol. The van der Waals surface area contributed by atoms with Crippen LogP contribution in [-0.2, 0) is 4.79 Å². The minimum atomic E-state index is -1.00. The molecule has 0 unspecified atom stereocenters. The van der Waals surface area contributed by atoms with E-state index in [9.17, 15) is 4.79 Å². The van der Waals surface area contributed by atoms with Gasteiger partial charge >= 0.3 is 5.97 Å². The number of carboxylic acid groups (broad SMARTS) is 1. The third-order valence-electron chi connectivity index (χ3n) is 1.42. The van der Waals surface area contributed by atoms with Crippen LogP contribution < -0.4 is 0 Å². The smallest absolute Gasteiger partial charge is 0.328 e. The van der Waals surface area contributed by atoms with Gasteiger partial charge in [0, 0.05) is 17.3 Å². The molecule has 1 rings (SSSR count). The van der Waals surface area contributed by atoms with Gasteiger partial charge in [0.25, 0.3) is 0 Å². The number of halogens is 1. The lowest BCUT2D eigenvalue weighted by atomic mass is 10.2.